The molecule has 0 amide bonds. The second-order valence-electron chi connectivity index (χ2n) is 5.11. The van der Waals surface area contributed by atoms with Crippen LogP contribution in [0.25, 0.3) is 5.65 Å². The van der Waals surface area contributed by atoms with E-state index in [4.69, 9.17) is 11.6 Å². The average molecular weight is 301 g/mol. The number of fused-ring (bicyclic) bond motifs is 1. The molecule has 0 radical (unpaired) electrons. The van der Waals surface area contributed by atoms with Crippen molar-refractivity contribution in [3.05, 3.63) is 59.5 Å². The lowest BCUT2D eigenvalue weighted by Crippen LogP contribution is -2.12. The van der Waals surface area contributed by atoms with Crippen molar-refractivity contribution < 1.29 is 0 Å². The molecule has 3 rings (SSSR count). The summed E-state index contributed by atoms with van der Waals surface area (Å²) in [5, 5.41) is 4.13. The summed E-state index contributed by atoms with van der Waals surface area (Å²) in [4.78, 5) is 6.64. The van der Waals surface area contributed by atoms with E-state index in [1.54, 1.807) is 0 Å². The molecular formula is C16H17ClN4. The summed E-state index contributed by atoms with van der Waals surface area (Å²) in [6.45, 7) is 0.656. The standard InChI is InChI=1S/C16H17ClN4/c1-20(2)15-7-6-12(17)9-14(15)18-10-13-11-21-8-4-3-5-16(21)19-13/h3-9,11,18H,10H2,1-2H3. The maximum Gasteiger partial charge on any atom is 0.137 e. The molecule has 108 valence electrons. The molecule has 0 spiro atoms. The molecule has 0 saturated carbocycles. The Kier molecular flexibility index (Phi) is 3.71. The molecule has 0 unspecified atom stereocenters. The topological polar surface area (TPSA) is 32.6 Å². The third kappa shape index (κ3) is 2.95. The van der Waals surface area contributed by atoms with Crippen LogP contribution in [0.3, 0.4) is 0 Å². The van der Waals surface area contributed by atoms with E-state index in [1.165, 1.54) is 0 Å². The predicted octanol–water partition coefficient (Wildman–Crippen LogP) is 3.67. The lowest BCUT2D eigenvalue weighted by Gasteiger charge is -2.18. The minimum absolute atomic E-state index is 0.656. The van der Waals surface area contributed by atoms with Crippen LogP contribution in [0.2, 0.25) is 5.02 Å². The lowest BCUT2D eigenvalue weighted by molar-refractivity contribution is 1.06. The molecular weight excluding hydrogens is 284 g/mol. The number of halogens is 1. The van der Waals surface area contributed by atoms with Crippen molar-refractivity contribution in [2.45, 2.75) is 6.54 Å². The lowest BCUT2D eigenvalue weighted by atomic mass is 10.2. The summed E-state index contributed by atoms with van der Waals surface area (Å²) in [5.41, 5.74) is 4.05. The summed E-state index contributed by atoms with van der Waals surface area (Å²) in [6, 6.07) is 11.8. The van der Waals surface area contributed by atoms with Crippen LogP contribution in [-0.2, 0) is 6.54 Å². The molecule has 2 heterocycles. The third-order valence-electron chi connectivity index (χ3n) is 3.31. The van der Waals surface area contributed by atoms with Gasteiger partial charge in [-0.3, -0.25) is 0 Å². The first kappa shape index (κ1) is 13.8. The van der Waals surface area contributed by atoms with Gasteiger partial charge in [-0.05, 0) is 30.3 Å². The van der Waals surface area contributed by atoms with Gasteiger partial charge in [0.25, 0.3) is 0 Å². The minimum Gasteiger partial charge on any atom is -0.378 e. The molecule has 1 aromatic carbocycles. The van der Waals surface area contributed by atoms with Gasteiger partial charge in [-0.1, -0.05) is 17.7 Å². The Hall–Kier alpha value is -2.20. The Bertz CT molecular complexity index is 731. The summed E-state index contributed by atoms with van der Waals surface area (Å²) in [6.07, 6.45) is 4.03. The Morgan fingerprint density at radius 3 is 2.86 bits per heavy atom. The highest BCUT2D eigenvalue weighted by Gasteiger charge is 2.07. The smallest absolute Gasteiger partial charge is 0.137 e. The summed E-state index contributed by atoms with van der Waals surface area (Å²) in [5.74, 6) is 0. The number of imidazole rings is 1. The van der Waals surface area contributed by atoms with Crippen LogP contribution in [-0.4, -0.2) is 23.5 Å². The van der Waals surface area contributed by atoms with Crippen LogP contribution < -0.4 is 10.2 Å². The average Bonchev–Trinajstić information content (AvgIpc) is 2.87. The molecule has 0 atom stereocenters. The van der Waals surface area contributed by atoms with E-state index in [0.29, 0.717) is 6.54 Å². The predicted molar refractivity (Wildman–Crippen MR) is 88.3 cm³/mol. The normalized spacial score (nSPS) is 10.8. The van der Waals surface area contributed by atoms with Gasteiger partial charge in [-0.15, -0.1) is 0 Å². The highest BCUT2D eigenvalue weighted by atomic mass is 35.5. The van der Waals surface area contributed by atoms with E-state index in [1.807, 2.05) is 67.3 Å². The number of anilines is 2. The number of pyridine rings is 1. The molecule has 0 aliphatic carbocycles. The first-order chi connectivity index (χ1) is 10.1. The van der Waals surface area contributed by atoms with Crippen molar-refractivity contribution in [1.82, 2.24) is 9.38 Å². The van der Waals surface area contributed by atoms with Crippen molar-refractivity contribution in [3.8, 4) is 0 Å². The number of hydrogen-bond donors (Lipinski definition) is 1. The maximum atomic E-state index is 6.09. The van der Waals surface area contributed by atoms with Gasteiger partial charge >= 0.3 is 0 Å². The molecule has 0 aliphatic heterocycles. The quantitative estimate of drug-likeness (QED) is 0.798. The van der Waals surface area contributed by atoms with Gasteiger partial charge in [0.1, 0.15) is 5.65 Å². The zero-order valence-electron chi connectivity index (χ0n) is 12.0. The van der Waals surface area contributed by atoms with Crippen molar-refractivity contribution >= 4 is 28.6 Å². The molecule has 0 aliphatic rings. The molecule has 0 fully saturated rings. The molecule has 2 aromatic heterocycles. The highest BCUT2D eigenvalue weighted by Crippen LogP contribution is 2.28. The van der Waals surface area contributed by atoms with Gasteiger partial charge in [-0.2, -0.15) is 0 Å². The first-order valence-corrected chi connectivity index (χ1v) is 7.14. The molecule has 5 heteroatoms. The fourth-order valence-corrected chi connectivity index (χ4v) is 2.47. The maximum absolute atomic E-state index is 6.09. The number of nitrogens with one attached hydrogen (secondary N) is 1. The number of hydrogen-bond acceptors (Lipinski definition) is 3. The van der Waals surface area contributed by atoms with Crippen molar-refractivity contribution in [2.75, 3.05) is 24.3 Å². The zero-order valence-corrected chi connectivity index (χ0v) is 12.8. The molecule has 21 heavy (non-hydrogen) atoms. The summed E-state index contributed by atoms with van der Waals surface area (Å²) in [7, 11) is 4.03. The fraction of sp³-hybridized carbons (Fsp3) is 0.188. The molecule has 3 aromatic rings. The molecule has 0 bridgehead atoms. The summed E-state index contributed by atoms with van der Waals surface area (Å²) < 4.78 is 2.02. The van der Waals surface area contributed by atoms with E-state index in [9.17, 15) is 0 Å². The third-order valence-corrected chi connectivity index (χ3v) is 3.55. The Balaban J connectivity index is 1.82. The van der Waals surface area contributed by atoms with Gasteiger partial charge in [0.2, 0.25) is 0 Å². The Morgan fingerprint density at radius 2 is 2.10 bits per heavy atom. The first-order valence-electron chi connectivity index (χ1n) is 6.77. The Labute approximate surface area is 129 Å². The van der Waals surface area contributed by atoms with Crippen LogP contribution >= 0.6 is 11.6 Å². The highest BCUT2D eigenvalue weighted by molar-refractivity contribution is 6.31. The number of benzene rings is 1. The number of aromatic nitrogens is 2. The number of nitrogens with zero attached hydrogens (tertiary/aromatic N) is 3. The van der Waals surface area contributed by atoms with E-state index in [0.717, 1.165) is 27.7 Å². The molecule has 0 saturated heterocycles. The van der Waals surface area contributed by atoms with Crippen LogP contribution in [0.4, 0.5) is 11.4 Å². The minimum atomic E-state index is 0.656. The van der Waals surface area contributed by atoms with Gasteiger partial charge in [0, 0.05) is 31.5 Å². The Morgan fingerprint density at radius 1 is 1.24 bits per heavy atom. The van der Waals surface area contributed by atoms with Crippen molar-refractivity contribution in [1.29, 1.82) is 0 Å². The van der Waals surface area contributed by atoms with E-state index < -0.39 is 0 Å². The SMILES string of the molecule is CN(C)c1ccc(Cl)cc1NCc1cn2ccccc2n1. The van der Waals surface area contributed by atoms with E-state index in [-0.39, 0.29) is 0 Å². The van der Waals surface area contributed by atoms with E-state index in [2.05, 4.69) is 15.2 Å². The fourth-order valence-electron chi connectivity index (χ4n) is 2.30. The zero-order chi connectivity index (χ0) is 14.8. The van der Waals surface area contributed by atoms with Crippen LogP contribution in [0.1, 0.15) is 5.69 Å². The molecule has 4 nitrogen and oxygen atoms in total. The number of rotatable bonds is 4. The van der Waals surface area contributed by atoms with Crippen LogP contribution in [0.5, 0.6) is 0 Å². The van der Waals surface area contributed by atoms with Gasteiger partial charge in [0.15, 0.2) is 0 Å². The second kappa shape index (κ2) is 5.66. The van der Waals surface area contributed by atoms with Gasteiger partial charge < -0.3 is 14.6 Å². The van der Waals surface area contributed by atoms with E-state index >= 15 is 0 Å². The largest absolute Gasteiger partial charge is 0.378 e. The molecule has 1 N–H and O–H groups in total. The monoisotopic (exact) mass is 300 g/mol. The van der Waals surface area contributed by atoms with Crippen molar-refractivity contribution in [2.24, 2.45) is 0 Å². The van der Waals surface area contributed by atoms with Gasteiger partial charge in [0.05, 0.1) is 23.6 Å². The van der Waals surface area contributed by atoms with Crippen LogP contribution in [0.15, 0.2) is 48.8 Å². The second-order valence-corrected chi connectivity index (χ2v) is 5.54. The van der Waals surface area contributed by atoms with Crippen molar-refractivity contribution in [3.63, 3.8) is 0 Å². The summed E-state index contributed by atoms with van der Waals surface area (Å²) >= 11 is 6.09. The van der Waals surface area contributed by atoms with Gasteiger partial charge in [-0.25, -0.2) is 4.98 Å². The van der Waals surface area contributed by atoms with Crippen LogP contribution in [0, 0.1) is 0 Å².